The largest absolute Gasteiger partial charge is 0.481 e. The van der Waals surface area contributed by atoms with Crippen molar-refractivity contribution in [3.63, 3.8) is 0 Å². The van der Waals surface area contributed by atoms with E-state index in [4.69, 9.17) is 0 Å². The van der Waals surface area contributed by atoms with Gasteiger partial charge in [0, 0.05) is 31.1 Å². The maximum Gasteiger partial charge on any atom is 0.317 e. The zero-order chi connectivity index (χ0) is 18.5. The van der Waals surface area contributed by atoms with E-state index >= 15 is 0 Å². The maximum atomic E-state index is 14.1. The van der Waals surface area contributed by atoms with Crippen LogP contribution >= 0.6 is 0 Å². The van der Waals surface area contributed by atoms with E-state index in [2.05, 4.69) is 5.32 Å². The summed E-state index contributed by atoms with van der Waals surface area (Å²) in [6.45, 7) is 0.961. The number of rotatable bonds is 4. The number of halogens is 2. The molecule has 3 aliphatic rings. The fraction of sp³-hybridized carbons (Fsp3) is 0.579. The Balaban J connectivity index is 1.41. The molecule has 4 rings (SSSR count). The summed E-state index contributed by atoms with van der Waals surface area (Å²) in [5, 5.41) is 12.5. The van der Waals surface area contributed by atoms with E-state index in [1.807, 2.05) is 0 Å². The predicted molar refractivity (Wildman–Crippen MR) is 89.7 cm³/mol. The summed E-state index contributed by atoms with van der Waals surface area (Å²) in [7, 11) is 0. The van der Waals surface area contributed by atoms with Crippen molar-refractivity contribution in [2.24, 2.45) is 11.3 Å². The Hall–Kier alpha value is -2.18. The number of carboxylic acids is 1. The average Bonchev–Trinajstić information content (AvgIpc) is 3.09. The highest BCUT2D eigenvalue weighted by Crippen LogP contribution is 2.50. The van der Waals surface area contributed by atoms with Crippen LogP contribution in [0.5, 0.6) is 0 Å². The van der Waals surface area contributed by atoms with Crippen molar-refractivity contribution in [2.45, 2.75) is 37.5 Å². The third kappa shape index (κ3) is 2.64. The molecule has 1 aliphatic heterocycles. The molecule has 2 atom stereocenters. The Morgan fingerprint density at radius 1 is 1.27 bits per heavy atom. The van der Waals surface area contributed by atoms with Crippen molar-refractivity contribution in [1.82, 2.24) is 10.2 Å². The molecule has 1 saturated heterocycles. The van der Waals surface area contributed by atoms with Crippen molar-refractivity contribution in [2.75, 3.05) is 19.6 Å². The second-order valence-electron chi connectivity index (χ2n) is 7.99. The Morgan fingerprint density at radius 2 is 2.04 bits per heavy atom. The van der Waals surface area contributed by atoms with Crippen LogP contribution in [0.3, 0.4) is 0 Å². The highest BCUT2D eigenvalue weighted by atomic mass is 19.1. The summed E-state index contributed by atoms with van der Waals surface area (Å²) in [5.74, 6) is -2.01. The van der Waals surface area contributed by atoms with E-state index in [9.17, 15) is 23.5 Å². The molecule has 140 valence electrons. The van der Waals surface area contributed by atoms with Crippen molar-refractivity contribution >= 4 is 12.0 Å². The zero-order valence-electron chi connectivity index (χ0n) is 14.4. The number of benzene rings is 1. The number of urea groups is 1. The number of aliphatic carboxylic acids is 1. The van der Waals surface area contributed by atoms with E-state index in [1.54, 1.807) is 4.90 Å². The first kappa shape index (κ1) is 17.2. The molecule has 5 nitrogen and oxygen atoms in total. The molecule has 2 amide bonds. The number of amides is 2. The number of hydrogen-bond donors (Lipinski definition) is 2. The van der Waals surface area contributed by atoms with Gasteiger partial charge in [0.05, 0.1) is 5.41 Å². The van der Waals surface area contributed by atoms with Gasteiger partial charge in [0.25, 0.3) is 0 Å². The molecular weight excluding hydrogens is 342 g/mol. The number of carboxylic acid groups (broad SMARTS) is 1. The summed E-state index contributed by atoms with van der Waals surface area (Å²) in [6, 6.07) is 3.26. The molecule has 0 unspecified atom stereocenters. The van der Waals surface area contributed by atoms with Gasteiger partial charge in [0.15, 0.2) is 0 Å². The van der Waals surface area contributed by atoms with E-state index in [0.717, 1.165) is 31.7 Å². The fourth-order valence-electron chi connectivity index (χ4n) is 4.76. The summed E-state index contributed by atoms with van der Waals surface area (Å²) in [5.41, 5.74) is -0.856. The van der Waals surface area contributed by atoms with Gasteiger partial charge in [-0.2, -0.15) is 0 Å². The summed E-state index contributed by atoms with van der Waals surface area (Å²) in [4.78, 5) is 25.9. The Labute approximate surface area is 150 Å². The van der Waals surface area contributed by atoms with Gasteiger partial charge in [0.1, 0.15) is 11.6 Å². The first-order valence-electron chi connectivity index (χ1n) is 9.08. The minimum atomic E-state index is -0.817. The van der Waals surface area contributed by atoms with E-state index in [-0.39, 0.29) is 25.0 Å². The van der Waals surface area contributed by atoms with Crippen molar-refractivity contribution in [3.8, 4) is 0 Å². The monoisotopic (exact) mass is 364 g/mol. The van der Waals surface area contributed by atoms with Gasteiger partial charge in [-0.05, 0) is 43.2 Å². The lowest BCUT2D eigenvalue weighted by Gasteiger charge is -2.24. The Kier molecular flexibility index (Phi) is 3.93. The van der Waals surface area contributed by atoms with Crippen LogP contribution in [0.25, 0.3) is 0 Å². The number of carbonyl (C=O) groups is 2. The van der Waals surface area contributed by atoms with Gasteiger partial charge < -0.3 is 15.3 Å². The number of nitrogens with zero attached hydrogens (tertiary/aromatic N) is 1. The molecule has 2 saturated carbocycles. The molecule has 0 radical (unpaired) electrons. The van der Waals surface area contributed by atoms with Gasteiger partial charge in [-0.25, -0.2) is 13.6 Å². The van der Waals surface area contributed by atoms with Crippen molar-refractivity contribution in [3.05, 3.63) is 35.4 Å². The smallest absolute Gasteiger partial charge is 0.317 e. The number of carbonyl (C=O) groups excluding carboxylic acids is 1. The van der Waals surface area contributed by atoms with Gasteiger partial charge in [-0.1, -0.05) is 12.5 Å². The zero-order valence-corrected chi connectivity index (χ0v) is 14.4. The Bertz CT molecular complexity index is 765. The quantitative estimate of drug-likeness (QED) is 0.863. The highest BCUT2D eigenvalue weighted by Gasteiger charge is 2.56. The van der Waals surface area contributed by atoms with E-state index in [1.165, 1.54) is 12.1 Å². The van der Waals surface area contributed by atoms with Crippen LogP contribution in [0, 0.1) is 23.0 Å². The first-order chi connectivity index (χ1) is 12.4. The number of nitrogens with one attached hydrogen (secondary N) is 1. The molecule has 26 heavy (non-hydrogen) atoms. The number of fused-ring (bicyclic) bond motifs is 1. The Morgan fingerprint density at radius 3 is 2.65 bits per heavy atom. The summed E-state index contributed by atoms with van der Waals surface area (Å²) >= 11 is 0. The van der Waals surface area contributed by atoms with E-state index < -0.39 is 28.4 Å². The molecule has 0 bridgehead atoms. The molecule has 1 aromatic rings. The number of likely N-dealkylation sites (tertiary alicyclic amines) is 1. The maximum absolute atomic E-state index is 14.1. The van der Waals surface area contributed by atoms with E-state index in [0.29, 0.717) is 18.5 Å². The van der Waals surface area contributed by atoms with Crippen LogP contribution in [-0.2, 0) is 10.2 Å². The minimum Gasteiger partial charge on any atom is -0.481 e. The minimum absolute atomic E-state index is 0.00942. The molecule has 0 spiro atoms. The third-order valence-corrected chi connectivity index (χ3v) is 6.52. The van der Waals surface area contributed by atoms with Gasteiger partial charge >= 0.3 is 12.0 Å². The molecule has 0 aromatic heterocycles. The topological polar surface area (TPSA) is 69.6 Å². The second-order valence-corrected chi connectivity index (χ2v) is 7.99. The molecule has 2 aliphatic carbocycles. The van der Waals surface area contributed by atoms with Crippen LogP contribution in [0.2, 0.25) is 0 Å². The van der Waals surface area contributed by atoms with Gasteiger partial charge in [-0.15, -0.1) is 0 Å². The van der Waals surface area contributed by atoms with Crippen LogP contribution in [0.1, 0.15) is 37.7 Å². The molecule has 3 fully saturated rings. The highest BCUT2D eigenvalue weighted by molar-refractivity contribution is 5.80. The van der Waals surface area contributed by atoms with Gasteiger partial charge in [0.2, 0.25) is 0 Å². The molecule has 2 N–H and O–H groups in total. The predicted octanol–water partition coefficient (Wildman–Crippen LogP) is 2.89. The third-order valence-electron chi connectivity index (χ3n) is 6.52. The van der Waals surface area contributed by atoms with Crippen LogP contribution in [-0.4, -0.2) is 41.6 Å². The van der Waals surface area contributed by atoms with Crippen molar-refractivity contribution in [1.29, 1.82) is 0 Å². The molecular formula is C19H22F2N2O3. The fourth-order valence-corrected chi connectivity index (χ4v) is 4.76. The second kappa shape index (κ2) is 5.93. The molecule has 1 aromatic carbocycles. The first-order valence-corrected chi connectivity index (χ1v) is 9.08. The summed E-state index contributed by atoms with van der Waals surface area (Å²) < 4.78 is 27.2. The van der Waals surface area contributed by atoms with Crippen molar-refractivity contribution < 1.29 is 23.5 Å². The lowest BCUT2D eigenvalue weighted by Crippen LogP contribution is -2.44. The van der Waals surface area contributed by atoms with Crippen LogP contribution < -0.4 is 5.32 Å². The van der Waals surface area contributed by atoms with Gasteiger partial charge in [-0.3, -0.25) is 4.79 Å². The van der Waals surface area contributed by atoms with Crippen LogP contribution in [0.4, 0.5) is 13.6 Å². The van der Waals surface area contributed by atoms with Crippen LogP contribution in [0.15, 0.2) is 18.2 Å². The average molecular weight is 364 g/mol. The lowest BCUT2D eigenvalue weighted by atomic mass is 9.81. The normalized spacial score (nSPS) is 28.7. The number of hydrogen-bond acceptors (Lipinski definition) is 2. The molecule has 1 heterocycles. The summed E-state index contributed by atoms with van der Waals surface area (Å²) in [6.07, 6.45) is 3.80. The standard InChI is InChI=1S/C19H22F2N2O3/c20-13-3-4-14(15(21)8-13)18(6-7-18)10-22-17(26)23-9-12-2-1-5-19(12,11-23)16(24)25/h3-4,8,12H,1-2,5-7,9-11H2,(H,22,26)(H,24,25)/t12-,19+/m0/s1. The lowest BCUT2D eigenvalue weighted by molar-refractivity contribution is -0.149. The SMILES string of the molecule is O=C(NCC1(c2ccc(F)cc2F)CC1)N1C[C@@H]2CCC[C@@]2(C(=O)O)C1. The molecule has 7 heteroatoms.